The van der Waals surface area contributed by atoms with Crippen LogP contribution in [0.25, 0.3) is 0 Å². The Morgan fingerprint density at radius 1 is 1.60 bits per heavy atom. The van der Waals surface area contributed by atoms with Crippen LogP contribution in [0.4, 0.5) is 4.79 Å². The number of carbonyl (C=O) groups excluding carboxylic acids is 1. The van der Waals surface area contributed by atoms with E-state index < -0.39 is 0 Å². The molecular weight excluding hydrogens is 194 g/mol. The lowest BCUT2D eigenvalue weighted by molar-refractivity contribution is 0.238. The van der Waals surface area contributed by atoms with Crippen LogP contribution in [0.3, 0.4) is 0 Å². The fourth-order valence-electron chi connectivity index (χ4n) is 1.10. The highest BCUT2D eigenvalue weighted by atomic mass is 16.2. The summed E-state index contributed by atoms with van der Waals surface area (Å²) >= 11 is 0. The second-order valence-electron chi connectivity index (χ2n) is 3.64. The fraction of sp³-hybridized carbons (Fsp3) is 0.667. The number of amides is 2. The van der Waals surface area contributed by atoms with Crippen molar-refractivity contribution in [1.82, 2.24) is 25.4 Å². The number of hydrogen-bond acceptors (Lipinski definition) is 3. The highest BCUT2D eigenvalue weighted by molar-refractivity contribution is 5.74. The maximum atomic E-state index is 11.2. The Bertz CT molecular complexity index is 320. The van der Waals surface area contributed by atoms with Crippen LogP contribution in [-0.2, 0) is 13.5 Å². The highest BCUT2D eigenvalue weighted by Gasteiger charge is 2.02. The fourth-order valence-corrected chi connectivity index (χ4v) is 1.10. The van der Waals surface area contributed by atoms with E-state index >= 15 is 0 Å². The number of carbonyl (C=O) groups is 1. The third kappa shape index (κ3) is 4.44. The molecule has 0 aliphatic rings. The van der Waals surface area contributed by atoms with E-state index in [4.69, 9.17) is 0 Å². The summed E-state index contributed by atoms with van der Waals surface area (Å²) in [5, 5.41) is 9.57. The average molecular weight is 211 g/mol. The van der Waals surface area contributed by atoms with Gasteiger partial charge in [0.15, 0.2) is 5.82 Å². The van der Waals surface area contributed by atoms with Gasteiger partial charge in [-0.1, -0.05) is 0 Å². The largest absolute Gasteiger partial charge is 0.338 e. The molecule has 1 aromatic rings. The maximum absolute atomic E-state index is 11.2. The molecule has 2 N–H and O–H groups in total. The summed E-state index contributed by atoms with van der Waals surface area (Å²) in [5.41, 5.74) is 0. The van der Waals surface area contributed by atoms with E-state index in [9.17, 15) is 4.79 Å². The van der Waals surface area contributed by atoms with Crippen molar-refractivity contribution in [2.75, 3.05) is 6.54 Å². The minimum Gasteiger partial charge on any atom is -0.338 e. The van der Waals surface area contributed by atoms with Crippen LogP contribution in [0.1, 0.15) is 19.7 Å². The molecule has 0 spiro atoms. The van der Waals surface area contributed by atoms with Crippen LogP contribution >= 0.6 is 0 Å². The van der Waals surface area contributed by atoms with Crippen molar-refractivity contribution in [1.29, 1.82) is 0 Å². The molecule has 6 nitrogen and oxygen atoms in total. The van der Waals surface area contributed by atoms with Crippen LogP contribution in [-0.4, -0.2) is 33.4 Å². The standard InChI is InChI=1S/C9H17N5O/c1-7(2)12-9(15)10-5-4-8-11-6-14(3)13-8/h6-7H,4-5H2,1-3H3,(H2,10,12,15). The molecule has 2 amide bonds. The summed E-state index contributed by atoms with van der Waals surface area (Å²) in [6, 6.07) is -0.00101. The summed E-state index contributed by atoms with van der Waals surface area (Å²) in [6.07, 6.45) is 2.29. The molecule has 1 aromatic heterocycles. The van der Waals surface area contributed by atoms with Crippen LogP contribution in [0, 0.1) is 0 Å². The zero-order chi connectivity index (χ0) is 11.3. The van der Waals surface area contributed by atoms with Gasteiger partial charge >= 0.3 is 6.03 Å². The van der Waals surface area contributed by atoms with E-state index in [2.05, 4.69) is 20.7 Å². The van der Waals surface area contributed by atoms with E-state index in [0.29, 0.717) is 13.0 Å². The average Bonchev–Trinajstić information content (AvgIpc) is 2.50. The molecule has 15 heavy (non-hydrogen) atoms. The van der Waals surface area contributed by atoms with Crippen LogP contribution in [0.5, 0.6) is 0 Å². The number of hydrogen-bond donors (Lipinski definition) is 2. The summed E-state index contributed by atoms with van der Waals surface area (Å²) < 4.78 is 1.64. The Kier molecular flexibility index (Phi) is 4.08. The Morgan fingerprint density at radius 2 is 2.33 bits per heavy atom. The topological polar surface area (TPSA) is 71.8 Å². The van der Waals surface area contributed by atoms with Gasteiger partial charge in [-0.2, -0.15) is 5.10 Å². The minimum absolute atomic E-state index is 0.151. The number of rotatable bonds is 4. The van der Waals surface area contributed by atoms with Gasteiger partial charge in [0.1, 0.15) is 6.33 Å². The van der Waals surface area contributed by atoms with Gasteiger partial charge in [-0.15, -0.1) is 0 Å². The quantitative estimate of drug-likeness (QED) is 0.740. The lowest BCUT2D eigenvalue weighted by Gasteiger charge is -2.08. The summed E-state index contributed by atoms with van der Waals surface area (Å²) in [6.45, 7) is 4.38. The molecule has 6 heteroatoms. The smallest absolute Gasteiger partial charge is 0.314 e. The van der Waals surface area contributed by atoms with E-state index in [0.717, 1.165) is 5.82 Å². The number of nitrogens with zero attached hydrogens (tertiary/aromatic N) is 3. The molecule has 0 aromatic carbocycles. The molecule has 84 valence electrons. The maximum Gasteiger partial charge on any atom is 0.314 e. The zero-order valence-electron chi connectivity index (χ0n) is 9.32. The minimum atomic E-state index is -0.152. The molecule has 0 radical (unpaired) electrons. The van der Waals surface area contributed by atoms with Crippen molar-refractivity contribution in [3.63, 3.8) is 0 Å². The van der Waals surface area contributed by atoms with Gasteiger partial charge in [-0.25, -0.2) is 9.78 Å². The van der Waals surface area contributed by atoms with Crippen molar-refractivity contribution in [3.8, 4) is 0 Å². The Balaban J connectivity index is 2.19. The second-order valence-corrected chi connectivity index (χ2v) is 3.64. The van der Waals surface area contributed by atoms with Crippen molar-refractivity contribution in [2.24, 2.45) is 7.05 Å². The first-order chi connectivity index (χ1) is 7.08. The first-order valence-corrected chi connectivity index (χ1v) is 4.97. The molecule has 1 rings (SSSR count). The lowest BCUT2D eigenvalue weighted by Crippen LogP contribution is -2.40. The Hall–Kier alpha value is -1.59. The van der Waals surface area contributed by atoms with Gasteiger partial charge in [0.2, 0.25) is 0 Å². The van der Waals surface area contributed by atoms with E-state index in [-0.39, 0.29) is 12.1 Å². The molecule has 0 fully saturated rings. The monoisotopic (exact) mass is 211 g/mol. The lowest BCUT2D eigenvalue weighted by atomic mass is 10.4. The Labute approximate surface area is 89.1 Å². The first-order valence-electron chi connectivity index (χ1n) is 4.97. The van der Waals surface area contributed by atoms with Crippen LogP contribution in [0.2, 0.25) is 0 Å². The van der Waals surface area contributed by atoms with Crippen LogP contribution in [0.15, 0.2) is 6.33 Å². The van der Waals surface area contributed by atoms with Gasteiger partial charge in [0.05, 0.1) is 0 Å². The number of aryl methyl sites for hydroxylation is 1. The van der Waals surface area contributed by atoms with E-state index in [1.54, 1.807) is 11.0 Å². The van der Waals surface area contributed by atoms with E-state index in [1.165, 1.54) is 0 Å². The molecule has 0 atom stereocenters. The van der Waals surface area contributed by atoms with Crippen molar-refractivity contribution < 1.29 is 4.79 Å². The van der Waals surface area contributed by atoms with Crippen molar-refractivity contribution in [3.05, 3.63) is 12.2 Å². The summed E-state index contributed by atoms with van der Waals surface area (Å²) in [4.78, 5) is 15.2. The molecule has 0 aliphatic carbocycles. The van der Waals surface area contributed by atoms with Crippen molar-refractivity contribution in [2.45, 2.75) is 26.3 Å². The van der Waals surface area contributed by atoms with Crippen molar-refractivity contribution >= 4 is 6.03 Å². The molecular formula is C9H17N5O. The molecule has 0 saturated heterocycles. The molecule has 1 heterocycles. The summed E-state index contributed by atoms with van der Waals surface area (Å²) in [7, 11) is 1.81. The normalized spacial score (nSPS) is 10.4. The van der Waals surface area contributed by atoms with Gasteiger partial charge in [-0.05, 0) is 13.8 Å². The molecule has 0 bridgehead atoms. The van der Waals surface area contributed by atoms with Crippen LogP contribution < -0.4 is 10.6 Å². The van der Waals surface area contributed by atoms with Gasteiger partial charge in [-0.3, -0.25) is 4.68 Å². The predicted molar refractivity (Wildman–Crippen MR) is 56.4 cm³/mol. The molecule has 0 saturated carbocycles. The zero-order valence-corrected chi connectivity index (χ0v) is 9.32. The molecule has 0 aliphatic heterocycles. The van der Waals surface area contributed by atoms with Gasteiger partial charge in [0.25, 0.3) is 0 Å². The number of urea groups is 1. The second kappa shape index (κ2) is 5.33. The van der Waals surface area contributed by atoms with E-state index in [1.807, 2.05) is 20.9 Å². The number of aromatic nitrogens is 3. The Morgan fingerprint density at radius 3 is 2.87 bits per heavy atom. The summed E-state index contributed by atoms with van der Waals surface area (Å²) in [5.74, 6) is 0.738. The van der Waals surface area contributed by atoms with Gasteiger partial charge < -0.3 is 10.6 Å². The highest BCUT2D eigenvalue weighted by Crippen LogP contribution is 1.88. The van der Waals surface area contributed by atoms with Gasteiger partial charge in [0, 0.05) is 26.1 Å². The number of nitrogens with one attached hydrogen (secondary N) is 2. The first kappa shape index (κ1) is 11.5. The SMILES string of the molecule is CC(C)NC(=O)NCCc1ncn(C)n1. The third-order valence-corrected chi connectivity index (χ3v) is 1.70. The third-order valence-electron chi connectivity index (χ3n) is 1.70. The molecule has 0 unspecified atom stereocenters. The predicted octanol–water partition coefficient (Wildman–Crippen LogP) is 0.0652.